The van der Waals surface area contributed by atoms with Crippen LogP contribution >= 0.6 is 0 Å². The molecule has 0 saturated carbocycles. The van der Waals surface area contributed by atoms with Crippen LogP contribution in [0.15, 0.2) is 42.7 Å². The Morgan fingerprint density at radius 1 is 1.27 bits per heavy atom. The highest BCUT2D eigenvalue weighted by atomic mass is 16.2. The molecule has 1 aliphatic rings. The largest absolute Gasteiger partial charge is 0.359 e. The summed E-state index contributed by atoms with van der Waals surface area (Å²) < 4.78 is 3.83. The zero-order chi connectivity index (χ0) is 18.3. The van der Waals surface area contributed by atoms with Gasteiger partial charge in [0.1, 0.15) is 0 Å². The molecule has 2 amide bonds. The lowest BCUT2D eigenvalue weighted by Crippen LogP contribution is -2.42. The molecular formula is C19H21N5O2. The molecule has 1 aliphatic heterocycles. The Bertz CT molecular complexity index is 987. The number of amides is 2. The maximum absolute atomic E-state index is 13.2. The fourth-order valence-electron chi connectivity index (χ4n) is 3.69. The lowest BCUT2D eigenvalue weighted by Gasteiger charge is -2.33. The van der Waals surface area contributed by atoms with Crippen LogP contribution in [-0.2, 0) is 18.4 Å². The predicted molar refractivity (Wildman–Crippen MR) is 97.6 cm³/mol. The molecule has 0 saturated heterocycles. The second-order valence-electron chi connectivity index (χ2n) is 6.65. The normalized spacial score (nSPS) is 16.5. The molecule has 0 bridgehead atoms. The molecule has 0 radical (unpaired) electrons. The molecule has 7 nitrogen and oxygen atoms in total. The third kappa shape index (κ3) is 2.65. The Kier molecular flexibility index (Phi) is 3.99. The van der Waals surface area contributed by atoms with Crippen LogP contribution in [0.3, 0.4) is 0 Å². The zero-order valence-electron chi connectivity index (χ0n) is 14.8. The Labute approximate surface area is 151 Å². The number of carbonyl (C=O) groups excluding carboxylic acids is 2. The SMILES string of the molecule is CNC(=O)C[C@@H]1CN(C(=O)c2cn(C)c3ccccc23)Cc2ccnn21. The van der Waals surface area contributed by atoms with Crippen molar-refractivity contribution in [3.8, 4) is 0 Å². The molecule has 0 spiro atoms. The van der Waals surface area contributed by atoms with Crippen LogP contribution in [0.2, 0.25) is 0 Å². The van der Waals surface area contributed by atoms with Crippen LogP contribution < -0.4 is 5.32 Å². The van der Waals surface area contributed by atoms with E-state index in [0.29, 0.717) is 25.1 Å². The molecule has 0 unspecified atom stereocenters. The molecule has 4 rings (SSSR count). The number of fused-ring (bicyclic) bond motifs is 2. The first-order valence-electron chi connectivity index (χ1n) is 8.64. The quantitative estimate of drug-likeness (QED) is 0.781. The number of hydrogen-bond acceptors (Lipinski definition) is 3. The van der Waals surface area contributed by atoms with Crippen molar-refractivity contribution in [3.63, 3.8) is 0 Å². The molecule has 26 heavy (non-hydrogen) atoms. The van der Waals surface area contributed by atoms with Crippen molar-refractivity contribution in [2.75, 3.05) is 13.6 Å². The van der Waals surface area contributed by atoms with Gasteiger partial charge in [0, 0.05) is 43.9 Å². The van der Waals surface area contributed by atoms with Crippen LogP contribution in [0.25, 0.3) is 10.9 Å². The molecular weight excluding hydrogens is 330 g/mol. The van der Waals surface area contributed by atoms with Crippen LogP contribution in [0.1, 0.15) is 28.5 Å². The zero-order valence-corrected chi connectivity index (χ0v) is 14.8. The van der Waals surface area contributed by atoms with E-state index < -0.39 is 0 Å². The minimum Gasteiger partial charge on any atom is -0.359 e. The maximum Gasteiger partial charge on any atom is 0.256 e. The average Bonchev–Trinajstić information content (AvgIpc) is 3.26. The molecule has 3 aromatic rings. The Morgan fingerprint density at radius 2 is 2.08 bits per heavy atom. The Hall–Kier alpha value is -3.09. The molecule has 7 heteroatoms. The summed E-state index contributed by atoms with van der Waals surface area (Å²) in [6.07, 6.45) is 3.90. The van der Waals surface area contributed by atoms with Crippen molar-refractivity contribution >= 4 is 22.7 Å². The topological polar surface area (TPSA) is 72.2 Å². The van der Waals surface area contributed by atoms with Gasteiger partial charge >= 0.3 is 0 Å². The Morgan fingerprint density at radius 3 is 2.88 bits per heavy atom. The van der Waals surface area contributed by atoms with Crippen molar-refractivity contribution in [2.24, 2.45) is 7.05 Å². The molecule has 1 N–H and O–H groups in total. The van der Waals surface area contributed by atoms with Gasteiger partial charge in [-0.3, -0.25) is 14.3 Å². The standard InChI is InChI=1S/C19H21N5O2/c1-20-18(25)9-14-11-23(10-13-7-8-21-24(13)14)19(26)16-12-22(2)17-6-4-3-5-15(16)17/h3-8,12,14H,9-11H2,1-2H3,(H,20,25)/t14-/m1/s1. The molecule has 1 aromatic carbocycles. The van der Waals surface area contributed by atoms with E-state index in [1.54, 1.807) is 13.2 Å². The summed E-state index contributed by atoms with van der Waals surface area (Å²) in [6, 6.07) is 9.63. The fraction of sp³-hybridized carbons (Fsp3) is 0.316. The smallest absolute Gasteiger partial charge is 0.256 e. The second kappa shape index (κ2) is 6.33. The summed E-state index contributed by atoms with van der Waals surface area (Å²) in [5, 5.41) is 7.94. The average molecular weight is 351 g/mol. The van der Waals surface area contributed by atoms with Crippen LogP contribution in [0.4, 0.5) is 0 Å². The van der Waals surface area contributed by atoms with Crippen molar-refractivity contribution in [1.29, 1.82) is 0 Å². The number of nitrogens with zero attached hydrogens (tertiary/aromatic N) is 4. The fourth-order valence-corrected chi connectivity index (χ4v) is 3.69. The number of hydrogen-bond donors (Lipinski definition) is 1. The van der Waals surface area contributed by atoms with Gasteiger partial charge in [0.25, 0.3) is 5.91 Å². The number of aromatic nitrogens is 3. The van der Waals surface area contributed by atoms with E-state index >= 15 is 0 Å². The summed E-state index contributed by atoms with van der Waals surface area (Å²) >= 11 is 0. The van der Waals surface area contributed by atoms with Gasteiger partial charge in [0.15, 0.2) is 0 Å². The van der Waals surface area contributed by atoms with Gasteiger partial charge in [0.2, 0.25) is 5.91 Å². The molecule has 0 fully saturated rings. The lowest BCUT2D eigenvalue weighted by molar-refractivity contribution is -0.121. The molecule has 0 aliphatic carbocycles. The molecule has 134 valence electrons. The number of benzene rings is 1. The van der Waals surface area contributed by atoms with Crippen LogP contribution in [0, 0.1) is 0 Å². The van der Waals surface area contributed by atoms with Crippen molar-refractivity contribution in [1.82, 2.24) is 24.6 Å². The van der Waals surface area contributed by atoms with E-state index in [2.05, 4.69) is 10.4 Å². The predicted octanol–water partition coefficient (Wildman–Crippen LogP) is 1.71. The maximum atomic E-state index is 13.2. The number of aryl methyl sites for hydroxylation is 1. The summed E-state index contributed by atoms with van der Waals surface area (Å²) in [7, 11) is 3.56. The number of rotatable bonds is 3. The third-order valence-electron chi connectivity index (χ3n) is 5.00. The van der Waals surface area contributed by atoms with E-state index in [0.717, 1.165) is 16.6 Å². The number of carbonyl (C=O) groups is 2. The minimum absolute atomic E-state index is 0.0174. The monoisotopic (exact) mass is 351 g/mol. The van der Waals surface area contributed by atoms with Crippen molar-refractivity contribution in [3.05, 3.63) is 54.0 Å². The van der Waals surface area contributed by atoms with E-state index in [1.165, 1.54) is 0 Å². The van der Waals surface area contributed by atoms with Crippen LogP contribution in [-0.4, -0.2) is 44.7 Å². The van der Waals surface area contributed by atoms with Gasteiger partial charge in [-0.15, -0.1) is 0 Å². The van der Waals surface area contributed by atoms with E-state index in [9.17, 15) is 9.59 Å². The van der Waals surface area contributed by atoms with E-state index in [4.69, 9.17) is 0 Å². The van der Waals surface area contributed by atoms with Gasteiger partial charge in [-0.1, -0.05) is 18.2 Å². The highest BCUT2D eigenvalue weighted by Gasteiger charge is 2.31. The summed E-state index contributed by atoms with van der Waals surface area (Å²) in [4.78, 5) is 26.9. The van der Waals surface area contributed by atoms with E-state index in [-0.39, 0.29) is 17.9 Å². The van der Waals surface area contributed by atoms with Crippen molar-refractivity contribution in [2.45, 2.75) is 19.0 Å². The molecule has 2 aromatic heterocycles. The Balaban J connectivity index is 1.67. The first kappa shape index (κ1) is 16.4. The summed E-state index contributed by atoms with van der Waals surface area (Å²) in [5.74, 6) is -0.0768. The number of nitrogens with one attached hydrogen (secondary N) is 1. The third-order valence-corrected chi connectivity index (χ3v) is 5.00. The van der Waals surface area contributed by atoms with E-state index in [1.807, 2.05) is 57.7 Å². The number of para-hydroxylation sites is 1. The lowest BCUT2D eigenvalue weighted by atomic mass is 10.1. The van der Waals surface area contributed by atoms with Gasteiger partial charge in [-0.25, -0.2) is 0 Å². The highest BCUT2D eigenvalue weighted by molar-refractivity contribution is 6.07. The molecule has 3 heterocycles. The van der Waals surface area contributed by atoms with Gasteiger partial charge in [-0.2, -0.15) is 5.10 Å². The van der Waals surface area contributed by atoms with Gasteiger partial charge in [0.05, 0.1) is 30.3 Å². The second-order valence-corrected chi connectivity index (χ2v) is 6.65. The van der Waals surface area contributed by atoms with Gasteiger partial charge in [-0.05, 0) is 12.1 Å². The van der Waals surface area contributed by atoms with Gasteiger partial charge < -0.3 is 14.8 Å². The van der Waals surface area contributed by atoms with Crippen molar-refractivity contribution < 1.29 is 9.59 Å². The molecule has 1 atom stereocenters. The summed E-state index contributed by atoms with van der Waals surface area (Å²) in [5.41, 5.74) is 2.66. The first-order chi connectivity index (χ1) is 12.6. The minimum atomic E-state index is -0.160. The van der Waals surface area contributed by atoms with Crippen LogP contribution in [0.5, 0.6) is 0 Å². The first-order valence-corrected chi connectivity index (χ1v) is 8.64. The summed E-state index contributed by atoms with van der Waals surface area (Å²) in [6.45, 7) is 0.955. The highest BCUT2D eigenvalue weighted by Crippen LogP contribution is 2.27.